The molecule has 0 heterocycles. The quantitative estimate of drug-likeness (QED) is 0.533. The van der Waals surface area contributed by atoms with Crippen LogP contribution in [0.1, 0.15) is 33.1 Å². The molecule has 0 aliphatic rings. The van der Waals surface area contributed by atoms with Gasteiger partial charge in [-0.3, -0.25) is 4.79 Å². The molecule has 0 radical (unpaired) electrons. The van der Waals surface area contributed by atoms with Crippen LogP contribution in [0.25, 0.3) is 0 Å². The Labute approximate surface area is 75.3 Å². The fourth-order valence-corrected chi connectivity index (χ4v) is 1.43. The van der Waals surface area contributed by atoms with Crippen LogP contribution in [-0.4, -0.2) is 9.57 Å². The average molecular weight is 228 g/mol. The first-order chi connectivity index (χ1) is 4.56. The highest BCUT2D eigenvalue weighted by atomic mass is 79.9. The first kappa shape index (κ1) is 10.4. The second-order valence-corrected chi connectivity index (χ2v) is 4.20. The van der Waals surface area contributed by atoms with E-state index in [0.29, 0.717) is 0 Å². The third-order valence-corrected chi connectivity index (χ3v) is 3.47. The van der Waals surface area contributed by atoms with Crippen LogP contribution in [0.4, 0.5) is 0 Å². The minimum Gasteiger partial charge on any atom is -0.280 e. The van der Waals surface area contributed by atoms with Crippen molar-refractivity contribution in [1.82, 2.24) is 0 Å². The number of halogens is 2. The number of carbonyl (C=O) groups excluding carboxylic acids is 1. The minimum atomic E-state index is -0.469. The minimum absolute atomic E-state index is 0.281. The summed E-state index contributed by atoms with van der Waals surface area (Å²) in [6.45, 7) is 3.98. The average Bonchev–Trinajstić information content (AvgIpc) is 1.88. The van der Waals surface area contributed by atoms with E-state index in [1.165, 1.54) is 0 Å². The van der Waals surface area contributed by atoms with Crippen molar-refractivity contribution in [1.29, 1.82) is 0 Å². The molecule has 0 spiro atoms. The summed E-state index contributed by atoms with van der Waals surface area (Å²) in [5.74, 6) is 0. The Bertz CT molecular complexity index is 127. The Morgan fingerprint density at radius 3 is 2.20 bits per heavy atom. The Kier molecular flexibility index (Phi) is 4.54. The fourth-order valence-electron chi connectivity index (χ4n) is 0.810. The largest absolute Gasteiger partial charge is 0.280 e. The van der Waals surface area contributed by atoms with E-state index < -0.39 is 4.32 Å². The van der Waals surface area contributed by atoms with Gasteiger partial charge < -0.3 is 0 Å². The van der Waals surface area contributed by atoms with Gasteiger partial charge in [0.25, 0.3) is 0 Å². The molecule has 0 saturated carbocycles. The van der Waals surface area contributed by atoms with E-state index in [0.717, 1.165) is 19.3 Å². The van der Waals surface area contributed by atoms with Crippen molar-refractivity contribution < 1.29 is 4.79 Å². The lowest BCUT2D eigenvalue weighted by Gasteiger charge is -2.19. The molecule has 0 aliphatic carbocycles. The van der Waals surface area contributed by atoms with Gasteiger partial charge in [0, 0.05) is 0 Å². The van der Waals surface area contributed by atoms with Gasteiger partial charge in [-0.25, -0.2) is 0 Å². The van der Waals surface area contributed by atoms with Crippen molar-refractivity contribution in [3.05, 3.63) is 0 Å². The van der Waals surface area contributed by atoms with E-state index in [-0.39, 0.29) is 5.24 Å². The van der Waals surface area contributed by atoms with Gasteiger partial charge >= 0.3 is 0 Å². The standard InChI is InChI=1S/C7H12BrClO/c1-3-5-7(8,4-2)6(9)10/h3-5H2,1-2H3. The number of hydrogen-bond donors (Lipinski definition) is 0. The van der Waals surface area contributed by atoms with Gasteiger partial charge in [-0.2, -0.15) is 0 Å². The molecule has 0 aromatic rings. The van der Waals surface area contributed by atoms with Gasteiger partial charge in [0.05, 0.1) is 4.32 Å². The van der Waals surface area contributed by atoms with Crippen LogP contribution in [0.2, 0.25) is 0 Å². The van der Waals surface area contributed by atoms with Crippen molar-refractivity contribution in [3.63, 3.8) is 0 Å². The van der Waals surface area contributed by atoms with Gasteiger partial charge in [-0.15, -0.1) is 0 Å². The number of hydrogen-bond acceptors (Lipinski definition) is 1. The Morgan fingerprint density at radius 2 is 2.10 bits per heavy atom. The van der Waals surface area contributed by atoms with Crippen LogP contribution >= 0.6 is 27.5 Å². The lowest BCUT2D eigenvalue weighted by Crippen LogP contribution is -2.26. The lowest BCUT2D eigenvalue weighted by atomic mass is 10.0. The SMILES string of the molecule is CCCC(Br)(CC)C(=O)Cl. The number of carbonyl (C=O) groups is 1. The summed E-state index contributed by atoms with van der Waals surface area (Å²) >= 11 is 8.71. The maximum atomic E-state index is 10.8. The second-order valence-electron chi connectivity index (χ2n) is 2.34. The first-order valence-electron chi connectivity index (χ1n) is 3.45. The van der Waals surface area contributed by atoms with Crippen molar-refractivity contribution >= 4 is 32.8 Å². The molecular formula is C7H12BrClO. The van der Waals surface area contributed by atoms with Crippen molar-refractivity contribution in [2.45, 2.75) is 37.4 Å². The summed E-state index contributed by atoms with van der Waals surface area (Å²) in [6, 6.07) is 0. The smallest absolute Gasteiger partial charge is 0.238 e. The van der Waals surface area contributed by atoms with Gasteiger partial charge in [0.1, 0.15) is 0 Å². The molecule has 3 heteroatoms. The topological polar surface area (TPSA) is 17.1 Å². The fraction of sp³-hybridized carbons (Fsp3) is 0.857. The molecule has 0 N–H and O–H groups in total. The molecule has 0 amide bonds. The van der Waals surface area contributed by atoms with Crippen molar-refractivity contribution in [2.24, 2.45) is 0 Å². The van der Waals surface area contributed by atoms with Crippen LogP contribution in [0.15, 0.2) is 0 Å². The molecule has 0 saturated heterocycles. The predicted octanol–water partition coefficient (Wildman–Crippen LogP) is 3.10. The van der Waals surface area contributed by atoms with E-state index in [9.17, 15) is 4.79 Å². The summed E-state index contributed by atoms with van der Waals surface area (Å²) in [6.07, 6.45) is 2.53. The Balaban J connectivity index is 4.08. The van der Waals surface area contributed by atoms with Gasteiger partial charge in [-0.05, 0) is 24.4 Å². The Morgan fingerprint density at radius 1 is 1.60 bits per heavy atom. The molecule has 0 aromatic carbocycles. The molecule has 0 aliphatic heterocycles. The van der Waals surface area contributed by atoms with E-state index in [1.807, 2.05) is 13.8 Å². The normalized spacial score (nSPS) is 16.4. The summed E-state index contributed by atoms with van der Waals surface area (Å²) in [4.78, 5) is 10.8. The molecule has 0 rings (SSSR count). The zero-order chi connectivity index (χ0) is 8.20. The summed E-state index contributed by atoms with van der Waals surface area (Å²) in [7, 11) is 0. The van der Waals surface area contributed by atoms with Gasteiger partial charge in [-0.1, -0.05) is 36.2 Å². The zero-order valence-corrected chi connectivity index (χ0v) is 8.63. The number of alkyl halides is 1. The third-order valence-electron chi connectivity index (χ3n) is 1.56. The highest BCUT2D eigenvalue weighted by molar-refractivity contribution is 9.10. The molecule has 10 heavy (non-hydrogen) atoms. The summed E-state index contributed by atoms with van der Waals surface area (Å²) in [5, 5.41) is -0.281. The molecule has 0 bridgehead atoms. The molecular weight excluding hydrogens is 215 g/mol. The van der Waals surface area contributed by atoms with E-state index >= 15 is 0 Å². The zero-order valence-electron chi connectivity index (χ0n) is 6.29. The first-order valence-corrected chi connectivity index (χ1v) is 4.62. The highest BCUT2D eigenvalue weighted by Gasteiger charge is 2.30. The maximum Gasteiger partial charge on any atom is 0.238 e. The maximum absolute atomic E-state index is 10.8. The lowest BCUT2D eigenvalue weighted by molar-refractivity contribution is -0.113. The van der Waals surface area contributed by atoms with Crippen molar-refractivity contribution in [3.8, 4) is 0 Å². The van der Waals surface area contributed by atoms with E-state index in [4.69, 9.17) is 11.6 Å². The molecule has 1 unspecified atom stereocenters. The van der Waals surface area contributed by atoms with Crippen LogP contribution < -0.4 is 0 Å². The number of rotatable bonds is 4. The van der Waals surface area contributed by atoms with Crippen LogP contribution in [0, 0.1) is 0 Å². The summed E-state index contributed by atoms with van der Waals surface area (Å²) < 4.78 is -0.469. The molecule has 1 atom stereocenters. The highest BCUT2D eigenvalue weighted by Crippen LogP contribution is 2.30. The predicted molar refractivity (Wildman–Crippen MR) is 47.7 cm³/mol. The summed E-state index contributed by atoms with van der Waals surface area (Å²) in [5.41, 5.74) is 0. The molecule has 0 fully saturated rings. The third kappa shape index (κ3) is 2.59. The van der Waals surface area contributed by atoms with Crippen LogP contribution in [0.3, 0.4) is 0 Å². The van der Waals surface area contributed by atoms with Crippen LogP contribution in [-0.2, 0) is 4.79 Å². The molecule has 1 nitrogen and oxygen atoms in total. The molecule has 60 valence electrons. The van der Waals surface area contributed by atoms with Gasteiger partial charge in [0.2, 0.25) is 5.24 Å². The van der Waals surface area contributed by atoms with Gasteiger partial charge in [0.15, 0.2) is 0 Å². The molecule has 0 aromatic heterocycles. The second kappa shape index (κ2) is 4.35. The van der Waals surface area contributed by atoms with Crippen molar-refractivity contribution in [2.75, 3.05) is 0 Å². The van der Waals surface area contributed by atoms with Crippen LogP contribution in [0.5, 0.6) is 0 Å². The monoisotopic (exact) mass is 226 g/mol. The Hall–Kier alpha value is 0.440. The van der Waals surface area contributed by atoms with E-state index in [1.54, 1.807) is 0 Å². The van der Waals surface area contributed by atoms with E-state index in [2.05, 4.69) is 15.9 Å².